The first-order valence-electron chi connectivity index (χ1n) is 8.81. The van der Waals surface area contributed by atoms with Crippen LogP contribution >= 0.6 is 11.6 Å². The standard InChI is InChI=1S/C19H18ClF4N3O/c20-15-7-12(21)5-6-16(15)27-17-8-14(19(22,23)24)13(10-25-17)18(28)26-9-11-3-1-2-4-11/h5-8,10-11H,1-4,9H2,(H,25,27)(H,26,28). The molecule has 0 saturated heterocycles. The molecule has 1 aromatic carbocycles. The van der Waals surface area contributed by atoms with Gasteiger partial charge in [0.05, 0.1) is 21.8 Å². The SMILES string of the molecule is O=C(NCC1CCCC1)c1cnc(Nc2ccc(F)cc2Cl)cc1C(F)(F)F. The van der Waals surface area contributed by atoms with Crippen LogP contribution in [0.5, 0.6) is 0 Å². The van der Waals surface area contributed by atoms with Crippen LogP contribution in [0.3, 0.4) is 0 Å². The van der Waals surface area contributed by atoms with Crippen LogP contribution in [0, 0.1) is 11.7 Å². The predicted molar refractivity (Wildman–Crippen MR) is 98.2 cm³/mol. The molecule has 0 spiro atoms. The summed E-state index contributed by atoms with van der Waals surface area (Å²) in [5, 5.41) is 5.18. The van der Waals surface area contributed by atoms with E-state index in [1.807, 2.05) is 0 Å². The largest absolute Gasteiger partial charge is 0.417 e. The van der Waals surface area contributed by atoms with E-state index in [0.717, 1.165) is 50.1 Å². The summed E-state index contributed by atoms with van der Waals surface area (Å²) >= 11 is 5.88. The maximum atomic E-state index is 13.5. The molecular formula is C19H18ClF4N3O. The molecule has 0 bridgehead atoms. The molecule has 1 heterocycles. The van der Waals surface area contributed by atoms with Crippen molar-refractivity contribution in [2.24, 2.45) is 5.92 Å². The van der Waals surface area contributed by atoms with E-state index >= 15 is 0 Å². The lowest BCUT2D eigenvalue weighted by molar-refractivity contribution is -0.137. The first-order chi connectivity index (χ1) is 13.2. The minimum Gasteiger partial charge on any atom is -0.352 e. The van der Waals surface area contributed by atoms with Gasteiger partial charge < -0.3 is 10.6 Å². The zero-order chi connectivity index (χ0) is 20.3. The topological polar surface area (TPSA) is 54.0 Å². The molecule has 1 aromatic heterocycles. The highest BCUT2D eigenvalue weighted by molar-refractivity contribution is 6.33. The van der Waals surface area contributed by atoms with Crippen LogP contribution < -0.4 is 10.6 Å². The second-order valence-corrected chi connectivity index (χ2v) is 7.13. The predicted octanol–water partition coefficient (Wildman–Crippen LogP) is 5.56. The number of carbonyl (C=O) groups excluding carboxylic acids is 1. The van der Waals surface area contributed by atoms with Crippen LogP contribution in [0.1, 0.15) is 41.6 Å². The van der Waals surface area contributed by atoms with Crippen molar-refractivity contribution in [3.63, 3.8) is 0 Å². The van der Waals surface area contributed by atoms with Crippen LogP contribution in [-0.4, -0.2) is 17.4 Å². The summed E-state index contributed by atoms with van der Waals surface area (Å²) in [7, 11) is 0. The van der Waals surface area contributed by atoms with E-state index < -0.39 is 29.0 Å². The van der Waals surface area contributed by atoms with Crippen molar-refractivity contribution in [3.05, 3.63) is 52.4 Å². The Labute approximate surface area is 164 Å². The van der Waals surface area contributed by atoms with Crippen LogP contribution in [0.25, 0.3) is 0 Å². The van der Waals surface area contributed by atoms with E-state index in [-0.39, 0.29) is 16.5 Å². The van der Waals surface area contributed by atoms with Crippen molar-refractivity contribution >= 4 is 29.0 Å². The second kappa shape index (κ2) is 8.34. The fourth-order valence-electron chi connectivity index (χ4n) is 3.21. The van der Waals surface area contributed by atoms with E-state index in [9.17, 15) is 22.4 Å². The molecule has 4 nitrogen and oxygen atoms in total. The summed E-state index contributed by atoms with van der Waals surface area (Å²) < 4.78 is 53.6. The highest BCUT2D eigenvalue weighted by atomic mass is 35.5. The highest BCUT2D eigenvalue weighted by Gasteiger charge is 2.36. The lowest BCUT2D eigenvalue weighted by Crippen LogP contribution is -2.30. The molecule has 2 aromatic rings. The molecule has 0 unspecified atom stereocenters. The van der Waals surface area contributed by atoms with Gasteiger partial charge in [-0.25, -0.2) is 9.37 Å². The molecule has 1 aliphatic rings. The lowest BCUT2D eigenvalue weighted by atomic mass is 10.1. The number of hydrogen-bond donors (Lipinski definition) is 2. The zero-order valence-corrected chi connectivity index (χ0v) is 15.5. The summed E-state index contributed by atoms with van der Waals surface area (Å²) in [5.41, 5.74) is -1.45. The summed E-state index contributed by atoms with van der Waals surface area (Å²) in [6, 6.07) is 4.17. The van der Waals surface area contributed by atoms with Crippen molar-refractivity contribution in [2.45, 2.75) is 31.9 Å². The number of hydrogen-bond acceptors (Lipinski definition) is 3. The monoisotopic (exact) mass is 415 g/mol. The number of benzene rings is 1. The molecule has 1 aliphatic carbocycles. The van der Waals surface area contributed by atoms with E-state index in [0.29, 0.717) is 12.5 Å². The number of carbonyl (C=O) groups is 1. The van der Waals surface area contributed by atoms with Gasteiger partial charge in [-0.2, -0.15) is 13.2 Å². The Bertz CT molecular complexity index is 867. The third-order valence-electron chi connectivity index (χ3n) is 4.67. The zero-order valence-electron chi connectivity index (χ0n) is 14.7. The Morgan fingerprint density at radius 3 is 2.57 bits per heavy atom. The lowest BCUT2D eigenvalue weighted by Gasteiger charge is -2.16. The number of nitrogens with one attached hydrogen (secondary N) is 2. The Kier molecular flexibility index (Phi) is 6.07. The molecule has 0 radical (unpaired) electrons. The van der Waals surface area contributed by atoms with Crippen molar-refractivity contribution in [1.82, 2.24) is 10.3 Å². The molecule has 28 heavy (non-hydrogen) atoms. The average molecular weight is 416 g/mol. The smallest absolute Gasteiger partial charge is 0.352 e. The van der Waals surface area contributed by atoms with Gasteiger partial charge in [0, 0.05) is 12.7 Å². The molecule has 1 saturated carbocycles. The molecule has 2 N–H and O–H groups in total. The van der Waals surface area contributed by atoms with Gasteiger partial charge in [-0.05, 0) is 43.0 Å². The number of nitrogens with zero attached hydrogens (tertiary/aromatic N) is 1. The van der Waals surface area contributed by atoms with Crippen molar-refractivity contribution in [3.8, 4) is 0 Å². The summed E-state index contributed by atoms with van der Waals surface area (Å²) in [4.78, 5) is 16.2. The molecule has 9 heteroatoms. The summed E-state index contributed by atoms with van der Waals surface area (Å²) in [6.45, 7) is 0.349. The van der Waals surface area contributed by atoms with Crippen LogP contribution in [0.15, 0.2) is 30.5 Å². The van der Waals surface area contributed by atoms with Gasteiger partial charge in [0.2, 0.25) is 0 Å². The number of rotatable bonds is 5. The fraction of sp³-hybridized carbons (Fsp3) is 0.368. The number of amides is 1. The van der Waals surface area contributed by atoms with Crippen molar-refractivity contribution < 1.29 is 22.4 Å². The van der Waals surface area contributed by atoms with Gasteiger partial charge in [-0.3, -0.25) is 4.79 Å². The second-order valence-electron chi connectivity index (χ2n) is 6.72. The summed E-state index contributed by atoms with van der Waals surface area (Å²) in [5.74, 6) is -1.24. The Morgan fingerprint density at radius 2 is 1.93 bits per heavy atom. The summed E-state index contributed by atoms with van der Waals surface area (Å²) in [6.07, 6.45) is 0.209. The average Bonchev–Trinajstić information content (AvgIpc) is 3.15. The minimum absolute atomic E-state index is 0.00579. The molecule has 150 valence electrons. The first kappa shape index (κ1) is 20.4. The van der Waals surface area contributed by atoms with Gasteiger partial charge in [0.15, 0.2) is 0 Å². The molecule has 0 aliphatic heterocycles. The van der Waals surface area contributed by atoms with Crippen LogP contribution in [-0.2, 0) is 6.18 Å². The Morgan fingerprint density at radius 1 is 1.21 bits per heavy atom. The third-order valence-corrected chi connectivity index (χ3v) is 4.99. The van der Waals surface area contributed by atoms with Gasteiger partial charge in [-0.1, -0.05) is 24.4 Å². The Hall–Kier alpha value is -2.35. The van der Waals surface area contributed by atoms with Gasteiger partial charge in [0.1, 0.15) is 11.6 Å². The normalized spacial score (nSPS) is 14.9. The van der Waals surface area contributed by atoms with Crippen molar-refractivity contribution in [1.29, 1.82) is 0 Å². The van der Waals surface area contributed by atoms with Gasteiger partial charge in [0.25, 0.3) is 5.91 Å². The molecule has 3 rings (SSSR count). The maximum Gasteiger partial charge on any atom is 0.417 e. The number of halogens is 5. The van der Waals surface area contributed by atoms with E-state index in [1.165, 1.54) is 6.07 Å². The molecule has 1 fully saturated rings. The minimum atomic E-state index is -4.74. The van der Waals surface area contributed by atoms with E-state index in [4.69, 9.17) is 11.6 Å². The quantitative estimate of drug-likeness (QED) is 0.629. The molecular weight excluding hydrogens is 398 g/mol. The van der Waals surface area contributed by atoms with Gasteiger partial charge in [-0.15, -0.1) is 0 Å². The number of pyridine rings is 1. The first-order valence-corrected chi connectivity index (χ1v) is 9.19. The fourth-order valence-corrected chi connectivity index (χ4v) is 3.43. The number of anilines is 2. The van der Waals surface area contributed by atoms with E-state index in [2.05, 4.69) is 15.6 Å². The van der Waals surface area contributed by atoms with Crippen molar-refractivity contribution in [2.75, 3.05) is 11.9 Å². The Balaban J connectivity index is 1.82. The maximum absolute atomic E-state index is 13.5. The van der Waals surface area contributed by atoms with E-state index in [1.54, 1.807) is 0 Å². The van der Waals surface area contributed by atoms with Crippen LogP contribution in [0.2, 0.25) is 5.02 Å². The number of alkyl halides is 3. The third kappa shape index (κ3) is 4.92. The molecule has 0 atom stereocenters. The van der Waals surface area contributed by atoms with Gasteiger partial charge >= 0.3 is 6.18 Å². The molecule has 1 amide bonds. The highest BCUT2D eigenvalue weighted by Crippen LogP contribution is 2.34. The van der Waals surface area contributed by atoms with Crippen LogP contribution in [0.4, 0.5) is 29.1 Å². The number of aromatic nitrogens is 1.